The largest absolute Gasteiger partial charge is 0.372 e. The highest BCUT2D eigenvalue weighted by Crippen LogP contribution is 2.21. The summed E-state index contributed by atoms with van der Waals surface area (Å²) in [4.78, 5) is 13.6. The van der Waals surface area contributed by atoms with E-state index in [1.807, 2.05) is 12.1 Å². The molecule has 0 unspecified atom stereocenters. The summed E-state index contributed by atoms with van der Waals surface area (Å²) in [6.45, 7) is 7.38. The minimum atomic E-state index is -3.67. The lowest BCUT2D eigenvalue weighted by molar-refractivity contribution is 0.101. The number of sulfonamides is 1. The summed E-state index contributed by atoms with van der Waals surface area (Å²) >= 11 is 0. The molecule has 2 rings (SSSR count). The molecule has 0 aliphatic rings. The molecule has 0 fully saturated rings. The zero-order chi connectivity index (χ0) is 17.7. The molecule has 0 aromatic heterocycles. The first kappa shape index (κ1) is 18.0. The van der Waals surface area contributed by atoms with Gasteiger partial charge in [-0.25, -0.2) is 8.42 Å². The van der Waals surface area contributed by atoms with Gasteiger partial charge in [0.05, 0.1) is 4.90 Å². The summed E-state index contributed by atoms with van der Waals surface area (Å²) in [6.07, 6.45) is 0. The highest BCUT2D eigenvalue weighted by Gasteiger charge is 2.14. The summed E-state index contributed by atoms with van der Waals surface area (Å²) in [5, 5.41) is 0. The lowest BCUT2D eigenvalue weighted by atomic mass is 10.2. The number of hydrogen-bond acceptors (Lipinski definition) is 4. The van der Waals surface area contributed by atoms with E-state index >= 15 is 0 Å². The van der Waals surface area contributed by atoms with E-state index in [4.69, 9.17) is 0 Å². The summed E-state index contributed by atoms with van der Waals surface area (Å²) in [5.74, 6) is -0.0982. The smallest absolute Gasteiger partial charge is 0.261 e. The number of nitrogens with zero attached hydrogens (tertiary/aromatic N) is 1. The third kappa shape index (κ3) is 4.14. The number of hydrogen-bond donors (Lipinski definition) is 1. The minimum Gasteiger partial charge on any atom is -0.372 e. The van der Waals surface area contributed by atoms with Crippen molar-refractivity contribution in [3.63, 3.8) is 0 Å². The van der Waals surface area contributed by atoms with Crippen molar-refractivity contribution in [1.29, 1.82) is 0 Å². The third-order valence-electron chi connectivity index (χ3n) is 3.82. The Hall–Kier alpha value is -2.34. The normalized spacial score (nSPS) is 11.1. The Kier molecular flexibility index (Phi) is 5.62. The Balaban J connectivity index is 2.18. The molecular weight excluding hydrogens is 324 g/mol. The molecular formula is C18H22N2O3S. The number of nitrogens with one attached hydrogen (secondary N) is 1. The van der Waals surface area contributed by atoms with Crippen LogP contribution in [-0.2, 0) is 10.0 Å². The van der Waals surface area contributed by atoms with Crippen LogP contribution >= 0.6 is 0 Å². The van der Waals surface area contributed by atoms with E-state index in [2.05, 4.69) is 23.5 Å². The standard InChI is InChI=1S/C18H22N2O3S/c1-4-20(5-2)17-10-8-16(9-11-17)19-24(22,23)18-12-6-15(7-13-18)14(3)21/h6-13,19H,4-5H2,1-3H3. The predicted octanol–water partition coefficient (Wildman–Crippen LogP) is 3.54. The van der Waals surface area contributed by atoms with Crippen molar-refractivity contribution in [3.8, 4) is 0 Å². The van der Waals surface area contributed by atoms with E-state index in [0.29, 0.717) is 11.3 Å². The molecule has 0 saturated heterocycles. The fourth-order valence-corrected chi connectivity index (χ4v) is 3.47. The van der Waals surface area contributed by atoms with Crippen LogP contribution in [0.4, 0.5) is 11.4 Å². The lowest BCUT2D eigenvalue weighted by Crippen LogP contribution is -2.21. The minimum absolute atomic E-state index is 0.0982. The van der Waals surface area contributed by atoms with Crippen molar-refractivity contribution in [2.75, 3.05) is 22.7 Å². The zero-order valence-corrected chi connectivity index (χ0v) is 14.9. The van der Waals surface area contributed by atoms with Gasteiger partial charge in [-0.2, -0.15) is 0 Å². The van der Waals surface area contributed by atoms with Gasteiger partial charge in [-0.3, -0.25) is 9.52 Å². The summed E-state index contributed by atoms with van der Waals surface area (Å²) in [7, 11) is -3.67. The highest BCUT2D eigenvalue weighted by molar-refractivity contribution is 7.92. The summed E-state index contributed by atoms with van der Waals surface area (Å²) in [5.41, 5.74) is 2.04. The Morgan fingerprint density at radius 3 is 1.96 bits per heavy atom. The van der Waals surface area contributed by atoms with Crippen molar-refractivity contribution >= 4 is 27.2 Å². The topological polar surface area (TPSA) is 66.5 Å². The predicted molar refractivity (Wildman–Crippen MR) is 97.3 cm³/mol. The van der Waals surface area contributed by atoms with Gasteiger partial charge in [0.2, 0.25) is 0 Å². The number of Topliss-reactive ketones (excluding diaryl/α,β-unsaturated/α-hetero) is 1. The number of rotatable bonds is 7. The lowest BCUT2D eigenvalue weighted by Gasteiger charge is -2.21. The molecule has 2 aromatic carbocycles. The number of carbonyl (C=O) groups is 1. The van der Waals surface area contributed by atoms with Crippen LogP contribution in [0.2, 0.25) is 0 Å². The molecule has 6 heteroatoms. The Morgan fingerprint density at radius 2 is 1.50 bits per heavy atom. The molecule has 0 amide bonds. The molecule has 2 aromatic rings. The van der Waals surface area contributed by atoms with Crippen LogP contribution in [0.5, 0.6) is 0 Å². The van der Waals surface area contributed by atoms with Gasteiger partial charge < -0.3 is 4.90 Å². The van der Waals surface area contributed by atoms with E-state index in [1.165, 1.54) is 31.2 Å². The number of carbonyl (C=O) groups excluding carboxylic acids is 1. The molecule has 1 N–H and O–H groups in total. The van der Waals surface area contributed by atoms with Gasteiger partial charge in [0.15, 0.2) is 5.78 Å². The molecule has 24 heavy (non-hydrogen) atoms. The van der Waals surface area contributed by atoms with Crippen LogP contribution in [0.3, 0.4) is 0 Å². The van der Waals surface area contributed by atoms with Crippen LogP contribution < -0.4 is 9.62 Å². The molecule has 0 aliphatic carbocycles. The van der Waals surface area contributed by atoms with Crippen molar-refractivity contribution in [1.82, 2.24) is 0 Å². The number of benzene rings is 2. The average molecular weight is 346 g/mol. The maximum atomic E-state index is 12.4. The Morgan fingerprint density at radius 1 is 0.958 bits per heavy atom. The van der Waals surface area contributed by atoms with Gasteiger partial charge in [0, 0.05) is 30.0 Å². The molecule has 0 heterocycles. The van der Waals surface area contributed by atoms with Crippen LogP contribution in [0, 0.1) is 0 Å². The van der Waals surface area contributed by atoms with Crippen molar-refractivity contribution < 1.29 is 13.2 Å². The van der Waals surface area contributed by atoms with E-state index in [1.54, 1.807) is 12.1 Å². The van der Waals surface area contributed by atoms with Gasteiger partial charge in [-0.1, -0.05) is 12.1 Å². The fraction of sp³-hybridized carbons (Fsp3) is 0.278. The van der Waals surface area contributed by atoms with Gasteiger partial charge in [0.1, 0.15) is 0 Å². The molecule has 0 radical (unpaired) electrons. The summed E-state index contributed by atoms with van der Waals surface area (Å²) in [6, 6.07) is 13.2. The summed E-state index contributed by atoms with van der Waals surface area (Å²) < 4.78 is 27.4. The maximum absolute atomic E-state index is 12.4. The maximum Gasteiger partial charge on any atom is 0.261 e. The monoisotopic (exact) mass is 346 g/mol. The number of anilines is 2. The average Bonchev–Trinajstić information content (AvgIpc) is 2.57. The molecule has 0 spiro atoms. The first-order valence-electron chi connectivity index (χ1n) is 7.86. The Labute approximate surface area is 143 Å². The second-order valence-electron chi connectivity index (χ2n) is 5.41. The van der Waals surface area contributed by atoms with Gasteiger partial charge in [-0.05, 0) is 57.2 Å². The fourth-order valence-electron chi connectivity index (χ4n) is 2.41. The van der Waals surface area contributed by atoms with E-state index in [-0.39, 0.29) is 10.7 Å². The molecule has 0 atom stereocenters. The Bertz CT molecular complexity index is 793. The van der Waals surface area contributed by atoms with Gasteiger partial charge in [0.25, 0.3) is 10.0 Å². The third-order valence-corrected chi connectivity index (χ3v) is 5.22. The van der Waals surface area contributed by atoms with E-state index in [9.17, 15) is 13.2 Å². The second kappa shape index (κ2) is 7.49. The van der Waals surface area contributed by atoms with Crippen LogP contribution in [0.25, 0.3) is 0 Å². The van der Waals surface area contributed by atoms with Crippen LogP contribution in [0.1, 0.15) is 31.1 Å². The molecule has 128 valence electrons. The molecule has 5 nitrogen and oxygen atoms in total. The molecule has 0 bridgehead atoms. The zero-order valence-electron chi connectivity index (χ0n) is 14.1. The number of ketones is 1. The first-order chi connectivity index (χ1) is 11.4. The van der Waals surface area contributed by atoms with Crippen LogP contribution in [-0.4, -0.2) is 27.3 Å². The second-order valence-corrected chi connectivity index (χ2v) is 7.09. The first-order valence-corrected chi connectivity index (χ1v) is 9.34. The van der Waals surface area contributed by atoms with E-state index in [0.717, 1.165) is 18.8 Å². The molecule has 0 saturated carbocycles. The quantitative estimate of drug-likeness (QED) is 0.779. The van der Waals surface area contributed by atoms with Crippen LogP contribution in [0.15, 0.2) is 53.4 Å². The highest BCUT2D eigenvalue weighted by atomic mass is 32.2. The molecule has 0 aliphatic heterocycles. The van der Waals surface area contributed by atoms with Gasteiger partial charge >= 0.3 is 0 Å². The van der Waals surface area contributed by atoms with Crippen molar-refractivity contribution in [3.05, 3.63) is 54.1 Å². The van der Waals surface area contributed by atoms with Crippen molar-refractivity contribution in [2.24, 2.45) is 0 Å². The van der Waals surface area contributed by atoms with E-state index < -0.39 is 10.0 Å². The SMILES string of the molecule is CCN(CC)c1ccc(NS(=O)(=O)c2ccc(C(C)=O)cc2)cc1. The van der Waals surface area contributed by atoms with Gasteiger partial charge in [-0.15, -0.1) is 0 Å². The van der Waals surface area contributed by atoms with Crippen molar-refractivity contribution in [2.45, 2.75) is 25.7 Å².